The Morgan fingerprint density at radius 2 is 2.37 bits per heavy atom. The molecule has 3 aromatic rings. The number of hydrogen-bond donors (Lipinski definition) is 1. The molecule has 9 heteroatoms. The third-order valence-corrected chi connectivity index (χ3v) is 5.67. The van der Waals surface area contributed by atoms with Gasteiger partial charge in [0.05, 0.1) is 6.26 Å². The standard InChI is InChI=1S/C18H21N5O3S/c1-12-4-2-8-22(11-12)18-21-23-16(25)14(10-20-17(23)27-18)15(24)19-7-6-13-5-3-9-26-13/h3,5,9-10,12H,2,4,6-8,11H2,1H3,(H,19,24). The van der Waals surface area contributed by atoms with Crippen molar-refractivity contribution in [1.82, 2.24) is 19.9 Å². The smallest absolute Gasteiger partial charge is 0.288 e. The molecule has 0 aromatic carbocycles. The van der Waals surface area contributed by atoms with E-state index in [0.29, 0.717) is 23.8 Å². The largest absolute Gasteiger partial charge is 0.469 e. The van der Waals surface area contributed by atoms with E-state index in [9.17, 15) is 9.59 Å². The van der Waals surface area contributed by atoms with Gasteiger partial charge in [0.25, 0.3) is 11.5 Å². The van der Waals surface area contributed by atoms with Gasteiger partial charge in [-0.15, -0.1) is 5.10 Å². The Hall–Kier alpha value is -2.68. The van der Waals surface area contributed by atoms with E-state index in [4.69, 9.17) is 4.42 Å². The van der Waals surface area contributed by atoms with E-state index in [1.165, 1.54) is 28.5 Å². The average Bonchev–Trinajstić information content (AvgIpc) is 3.32. The minimum atomic E-state index is -0.449. The first kappa shape index (κ1) is 17.7. The van der Waals surface area contributed by atoms with E-state index in [-0.39, 0.29) is 5.56 Å². The van der Waals surface area contributed by atoms with Crippen LogP contribution in [0.5, 0.6) is 0 Å². The Bertz CT molecular complexity index is 994. The van der Waals surface area contributed by atoms with Crippen LogP contribution in [0, 0.1) is 5.92 Å². The average molecular weight is 387 g/mol. The fraction of sp³-hybridized carbons (Fsp3) is 0.444. The molecule has 0 aliphatic carbocycles. The molecule has 4 heterocycles. The second-order valence-corrected chi connectivity index (χ2v) is 7.77. The normalized spacial score (nSPS) is 17.4. The van der Waals surface area contributed by atoms with Crippen molar-refractivity contribution in [2.75, 3.05) is 24.5 Å². The molecule has 1 saturated heterocycles. The molecule has 1 N–H and O–H groups in total. The van der Waals surface area contributed by atoms with Crippen molar-refractivity contribution in [3.05, 3.63) is 46.3 Å². The molecule has 1 unspecified atom stereocenters. The summed E-state index contributed by atoms with van der Waals surface area (Å²) < 4.78 is 6.46. The van der Waals surface area contributed by atoms with E-state index in [1.54, 1.807) is 12.3 Å². The quantitative estimate of drug-likeness (QED) is 0.719. The molecule has 0 saturated carbocycles. The Morgan fingerprint density at radius 1 is 1.48 bits per heavy atom. The lowest BCUT2D eigenvalue weighted by atomic mass is 10.0. The van der Waals surface area contributed by atoms with E-state index >= 15 is 0 Å². The molecule has 1 amide bonds. The maximum Gasteiger partial charge on any atom is 0.288 e. The lowest BCUT2D eigenvalue weighted by Gasteiger charge is -2.30. The van der Waals surface area contributed by atoms with Crippen LogP contribution >= 0.6 is 11.3 Å². The molecule has 8 nitrogen and oxygen atoms in total. The fourth-order valence-electron chi connectivity index (χ4n) is 3.27. The molecule has 1 aliphatic heterocycles. The minimum Gasteiger partial charge on any atom is -0.469 e. The molecule has 4 rings (SSSR count). The third-order valence-electron chi connectivity index (χ3n) is 4.69. The zero-order chi connectivity index (χ0) is 18.8. The molecule has 1 atom stereocenters. The predicted octanol–water partition coefficient (Wildman–Crippen LogP) is 1.95. The Balaban J connectivity index is 1.51. The maximum absolute atomic E-state index is 12.7. The monoisotopic (exact) mass is 387 g/mol. The number of piperidine rings is 1. The zero-order valence-corrected chi connectivity index (χ0v) is 15.9. The number of amides is 1. The SMILES string of the molecule is CC1CCCN(c2nn3c(=O)c(C(=O)NCCc4ccco4)cnc3s2)C1. The molecule has 142 valence electrons. The molecular weight excluding hydrogens is 366 g/mol. The van der Waals surface area contributed by atoms with Gasteiger partial charge in [0.2, 0.25) is 10.1 Å². The summed E-state index contributed by atoms with van der Waals surface area (Å²) >= 11 is 1.38. The number of furan rings is 1. The first-order chi connectivity index (χ1) is 13.1. The van der Waals surface area contributed by atoms with Gasteiger partial charge < -0.3 is 14.6 Å². The summed E-state index contributed by atoms with van der Waals surface area (Å²) in [5, 5.41) is 7.94. The van der Waals surface area contributed by atoms with Gasteiger partial charge in [-0.25, -0.2) is 4.98 Å². The molecule has 1 aliphatic rings. The van der Waals surface area contributed by atoms with Gasteiger partial charge >= 0.3 is 0 Å². The lowest BCUT2D eigenvalue weighted by Crippen LogP contribution is -2.35. The van der Waals surface area contributed by atoms with Crippen LogP contribution in [0.2, 0.25) is 0 Å². The van der Waals surface area contributed by atoms with E-state index in [0.717, 1.165) is 30.4 Å². The number of carbonyl (C=O) groups excluding carboxylic acids is 1. The van der Waals surface area contributed by atoms with Crippen LogP contribution in [0.15, 0.2) is 33.8 Å². The van der Waals surface area contributed by atoms with Gasteiger partial charge in [-0.1, -0.05) is 18.3 Å². The van der Waals surface area contributed by atoms with E-state index in [2.05, 4.69) is 27.2 Å². The highest BCUT2D eigenvalue weighted by atomic mass is 32.1. The minimum absolute atomic E-state index is 0.00388. The molecule has 3 aromatic heterocycles. The number of anilines is 1. The topological polar surface area (TPSA) is 92.7 Å². The van der Waals surface area contributed by atoms with Crippen molar-refractivity contribution in [3.8, 4) is 0 Å². The molecule has 1 fully saturated rings. The Kier molecular flexibility index (Phi) is 4.93. The van der Waals surface area contributed by atoms with Crippen molar-refractivity contribution >= 4 is 27.3 Å². The maximum atomic E-state index is 12.7. The number of hydrogen-bond acceptors (Lipinski definition) is 7. The molecule has 0 radical (unpaired) electrons. The van der Waals surface area contributed by atoms with Gasteiger partial charge in [0, 0.05) is 32.3 Å². The zero-order valence-electron chi connectivity index (χ0n) is 15.1. The van der Waals surface area contributed by atoms with Crippen molar-refractivity contribution in [3.63, 3.8) is 0 Å². The first-order valence-corrected chi connectivity index (χ1v) is 9.88. The summed E-state index contributed by atoms with van der Waals surface area (Å²) in [6.07, 6.45) is 5.80. The number of fused-ring (bicyclic) bond motifs is 1. The summed E-state index contributed by atoms with van der Waals surface area (Å²) in [6.45, 7) is 4.45. The fourth-order valence-corrected chi connectivity index (χ4v) is 4.17. The van der Waals surface area contributed by atoms with Gasteiger partial charge in [-0.2, -0.15) is 4.52 Å². The lowest BCUT2D eigenvalue weighted by molar-refractivity contribution is 0.0951. The van der Waals surface area contributed by atoms with Gasteiger partial charge in [0.1, 0.15) is 11.3 Å². The molecule has 27 heavy (non-hydrogen) atoms. The molecular formula is C18H21N5O3S. The van der Waals surface area contributed by atoms with Crippen LogP contribution in [0.25, 0.3) is 4.96 Å². The number of aromatic nitrogens is 3. The van der Waals surface area contributed by atoms with E-state index in [1.807, 2.05) is 6.07 Å². The number of carbonyl (C=O) groups is 1. The van der Waals surface area contributed by atoms with Crippen molar-refractivity contribution in [1.29, 1.82) is 0 Å². The van der Waals surface area contributed by atoms with Crippen LogP contribution in [-0.2, 0) is 6.42 Å². The van der Waals surface area contributed by atoms with Crippen molar-refractivity contribution < 1.29 is 9.21 Å². The summed E-state index contributed by atoms with van der Waals surface area (Å²) in [7, 11) is 0. The van der Waals surface area contributed by atoms with Crippen LogP contribution in [0.4, 0.5) is 5.13 Å². The Labute approximate surface area is 159 Å². The summed E-state index contributed by atoms with van der Waals surface area (Å²) in [5.74, 6) is 0.932. The van der Waals surface area contributed by atoms with Crippen molar-refractivity contribution in [2.45, 2.75) is 26.2 Å². The van der Waals surface area contributed by atoms with Gasteiger partial charge in [-0.05, 0) is 30.9 Å². The van der Waals surface area contributed by atoms with Gasteiger partial charge in [0.15, 0.2) is 0 Å². The van der Waals surface area contributed by atoms with Crippen LogP contribution in [-0.4, -0.2) is 40.1 Å². The molecule has 0 spiro atoms. The number of nitrogens with zero attached hydrogens (tertiary/aromatic N) is 4. The summed E-state index contributed by atoms with van der Waals surface area (Å²) in [5.41, 5.74) is -0.445. The second-order valence-electron chi connectivity index (χ2n) is 6.83. The van der Waals surface area contributed by atoms with Crippen LogP contribution in [0.1, 0.15) is 35.9 Å². The van der Waals surface area contributed by atoms with Crippen LogP contribution in [0.3, 0.4) is 0 Å². The number of rotatable bonds is 5. The van der Waals surface area contributed by atoms with Crippen LogP contribution < -0.4 is 15.8 Å². The third kappa shape index (κ3) is 3.73. The highest BCUT2D eigenvalue weighted by molar-refractivity contribution is 7.20. The first-order valence-electron chi connectivity index (χ1n) is 9.06. The van der Waals surface area contributed by atoms with Crippen molar-refractivity contribution in [2.24, 2.45) is 5.92 Å². The Morgan fingerprint density at radius 3 is 3.15 bits per heavy atom. The van der Waals surface area contributed by atoms with Gasteiger partial charge in [-0.3, -0.25) is 9.59 Å². The number of nitrogens with one attached hydrogen (secondary N) is 1. The predicted molar refractivity (Wildman–Crippen MR) is 102 cm³/mol. The highest BCUT2D eigenvalue weighted by Crippen LogP contribution is 2.26. The summed E-state index contributed by atoms with van der Waals surface area (Å²) in [6, 6.07) is 3.64. The highest BCUT2D eigenvalue weighted by Gasteiger charge is 2.22. The molecule has 0 bridgehead atoms. The second kappa shape index (κ2) is 7.51. The van der Waals surface area contributed by atoms with E-state index < -0.39 is 11.5 Å². The summed E-state index contributed by atoms with van der Waals surface area (Å²) in [4.78, 5) is 32.0.